The molecule has 1 fully saturated rings. The summed E-state index contributed by atoms with van der Waals surface area (Å²) in [5.41, 5.74) is 5.40. The molecule has 5 rings (SSSR count). The Labute approximate surface area is 159 Å². The number of phenolic OH excluding ortho intramolecular Hbond substituents is 1. The predicted octanol–water partition coefficient (Wildman–Crippen LogP) is 3.33. The molecule has 1 aromatic heterocycles. The van der Waals surface area contributed by atoms with Gasteiger partial charge in [-0.1, -0.05) is 13.0 Å². The highest BCUT2D eigenvalue weighted by Gasteiger charge is 2.54. The first-order valence-electron chi connectivity index (χ1n) is 9.95. The van der Waals surface area contributed by atoms with Crippen molar-refractivity contribution >= 4 is 5.97 Å². The van der Waals surface area contributed by atoms with Crippen LogP contribution in [0.5, 0.6) is 5.75 Å². The van der Waals surface area contributed by atoms with Crippen LogP contribution in [0.3, 0.4) is 0 Å². The molecule has 0 unspecified atom stereocenters. The third kappa shape index (κ3) is 2.43. The van der Waals surface area contributed by atoms with Crippen molar-refractivity contribution in [2.75, 3.05) is 7.11 Å². The number of rotatable bonds is 2. The number of hydrogen-bond acceptors (Lipinski definition) is 4. The fourth-order valence-corrected chi connectivity index (χ4v) is 6.17. The first kappa shape index (κ1) is 16.8. The fraction of sp³-hybridized carbons (Fsp3) is 0.545. The van der Waals surface area contributed by atoms with E-state index in [0.29, 0.717) is 23.5 Å². The Morgan fingerprint density at radius 2 is 2.22 bits per heavy atom. The van der Waals surface area contributed by atoms with Crippen LogP contribution >= 0.6 is 0 Å². The Morgan fingerprint density at radius 3 is 3.04 bits per heavy atom. The zero-order valence-corrected chi connectivity index (χ0v) is 15.9. The highest BCUT2D eigenvalue weighted by molar-refractivity contribution is 5.68. The Hall–Kier alpha value is -2.30. The average molecular weight is 366 g/mol. The summed E-state index contributed by atoms with van der Waals surface area (Å²) in [6.07, 6.45) is 7.65. The minimum atomic E-state index is -0.256. The van der Waals surface area contributed by atoms with Crippen molar-refractivity contribution in [3.05, 3.63) is 46.8 Å². The summed E-state index contributed by atoms with van der Waals surface area (Å²) in [7, 11) is 1.42. The lowest BCUT2D eigenvalue weighted by Gasteiger charge is -2.49. The van der Waals surface area contributed by atoms with Crippen molar-refractivity contribution in [2.45, 2.75) is 56.9 Å². The van der Waals surface area contributed by atoms with Crippen molar-refractivity contribution in [1.29, 1.82) is 0 Å². The summed E-state index contributed by atoms with van der Waals surface area (Å²) in [4.78, 5) is 11.6. The molecule has 4 atom stereocenters. The van der Waals surface area contributed by atoms with Crippen LogP contribution in [0, 0.1) is 11.8 Å². The molecule has 142 valence electrons. The van der Waals surface area contributed by atoms with Gasteiger partial charge < -0.3 is 9.84 Å². The molecule has 0 spiro atoms. The van der Waals surface area contributed by atoms with Gasteiger partial charge in [0, 0.05) is 11.6 Å². The molecular formula is C22H26N2O3. The van der Waals surface area contributed by atoms with Crippen LogP contribution in [-0.2, 0) is 34.3 Å². The van der Waals surface area contributed by atoms with E-state index in [4.69, 9.17) is 9.84 Å². The van der Waals surface area contributed by atoms with Gasteiger partial charge in [0.15, 0.2) is 0 Å². The Balaban J connectivity index is 1.45. The number of aryl methyl sites for hydroxylation is 1. The first-order valence-corrected chi connectivity index (χ1v) is 9.95. The van der Waals surface area contributed by atoms with Crippen molar-refractivity contribution in [3.8, 4) is 5.75 Å². The van der Waals surface area contributed by atoms with E-state index in [1.807, 2.05) is 12.1 Å². The average Bonchev–Trinajstić information content (AvgIpc) is 3.17. The smallest absolute Gasteiger partial charge is 0.327 e. The quantitative estimate of drug-likeness (QED) is 0.828. The van der Waals surface area contributed by atoms with E-state index in [1.54, 1.807) is 4.68 Å². The number of nitrogens with zero attached hydrogens (tertiary/aromatic N) is 2. The fourth-order valence-electron chi connectivity index (χ4n) is 6.17. The van der Waals surface area contributed by atoms with E-state index in [0.717, 1.165) is 19.3 Å². The molecule has 3 aliphatic rings. The maximum atomic E-state index is 11.6. The van der Waals surface area contributed by atoms with Gasteiger partial charge in [0.2, 0.25) is 0 Å². The lowest BCUT2D eigenvalue weighted by molar-refractivity contribution is -0.141. The number of carbonyl (C=O) groups excluding carboxylic acids is 1. The summed E-state index contributed by atoms with van der Waals surface area (Å²) in [6.45, 7) is 2.56. The number of esters is 1. The number of aromatic hydroxyl groups is 1. The minimum absolute atomic E-state index is 0.103. The second-order valence-electron chi connectivity index (χ2n) is 8.74. The monoisotopic (exact) mass is 366 g/mol. The van der Waals surface area contributed by atoms with E-state index in [2.05, 4.69) is 19.2 Å². The maximum Gasteiger partial charge on any atom is 0.327 e. The number of benzene rings is 1. The molecule has 0 amide bonds. The van der Waals surface area contributed by atoms with Gasteiger partial charge in [-0.15, -0.1) is 0 Å². The molecule has 0 aliphatic heterocycles. The number of hydrogen-bond donors (Lipinski definition) is 1. The number of methoxy groups -OCH3 is 1. The van der Waals surface area contributed by atoms with Crippen LogP contribution in [-0.4, -0.2) is 28.0 Å². The van der Waals surface area contributed by atoms with Crippen molar-refractivity contribution in [3.63, 3.8) is 0 Å². The third-order valence-corrected chi connectivity index (χ3v) is 7.44. The highest BCUT2D eigenvalue weighted by Crippen LogP contribution is 2.59. The van der Waals surface area contributed by atoms with Gasteiger partial charge in [-0.25, -0.2) is 0 Å². The number of carbonyl (C=O) groups is 1. The van der Waals surface area contributed by atoms with Gasteiger partial charge in [0.05, 0.1) is 12.8 Å². The second-order valence-corrected chi connectivity index (χ2v) is 8.74. The maximum absolute atomic E-state index is 11.6. The summed E-state index contributed by atoms with van der Waals surface area (Å²) < 4.78 is 6.53. The molecular weight excluding hydrogens is 340 g/mol. The number of phenols is 1. The lowest BCUT2D eigenvalue weighted by Crippen LogP contribution is -2.43. The highest BCUT2D eigenvalue weighted by atomic mass is 16.5. The van der Waals surface area contributed by atoms with E-state index in [1.165, 1.54) is 42.3 Å². The van der Waals surface area contributed by atoms with Gasteiger partial charge in [-0.2, -0.15) is 5.10 Å². The largest absolute Gasteiger partial charge is 0.508 e. The molecule has 2 aromatic rings. The van der Waals surface area contributed by atoms with Crippen molar-refractivity contribution in [2.24, 2.45) is 11.8 Å². The topological polar surface area (TPSA) is 64.4 Å². The Kier molecular flexibility index (Phi) is 3.65. The summed E-state index contributed by atoms with van der Waals surface area (Å²) in [6, 6.07) is 5.95. The molecule has 3 aliphatic carbocycles. The van der Waals surface area contributed by atoms with Gasteiger partial charge in [-0.05, 0) is 78.7 Å². The van der Waals surface area contributed by atoms with Crippen LogP contribution in [0.1, 0.15) is 54.5 Å². The second kappa shape index (κ2) is 5.85. The Morgan fingerprint density at radius 1 is 1.37 bits per heavy atom. The van der Waals surface area contributed by atoms with Gasteiger partial charge >= 0.3 is 5.97 Å². The summed E-state index contributed by atoms with van der Waals surface area (Å²) in [5.74, 6) is 2.01. The van der Waals surface area contributed by atoms with E-state index in [9.17, 15) is 9.90 Å². The molecule has 1 heterocycles. The van der Waals surface area contributed by atoms with E-state index >= 15 is 0 Å². The summed E-state index contributed by atoms with van der Waals surface area (Å²) >= 11 is 0. The van der Waals surface area contributed by atoms with Gasteiger partial charge in [-0.3, -0.25) is 9.48 Å². The number of aromatic nitrogens is 2. The van der Waals surface area contributed by atoms with Crippen molar-refractivity contribution < 1.29 is 14.6 Å². The molecule has 1 N–H and O–H groups in total. The number of fused-ring (bicyclic) bond motifs is 7. The lowest BCUT2D eigenvalue weighted by atomic mass is 9.55. The van der Waals surface area contributed by atoms with E-state index in [-0.39, 0.29) is 17.9 Å². The molecule has 0 bridgehead atoms. The molecule has 27 heavy (non-hydrogen) atoms. The third-order valence-electron chi connectivity index (χ3n) is 7.44. The van der Waals surface area contributed by atoms with Crippen LogP contribution in [0.25, 0.3) is 0 Å². The molecule has 0 saturated heterocycles. The zero-order valence-electron chi connectivity index (χ0n) is 15.9. The first-order chi connectivity index (χ1) is 13.0. The minimum Gasteiger partial charge on any atom is -0.508 e. The van der Waals surface area contributed by atoms with Crippen LogP contribution < -0.4 is 0 Å². The zero-order chi connectivity index (χ0) is 18.8. The van der Waals surface area contributed by atoms with Crippen molar-refractivity contribution in [1.82, 2.24) is 9.78 Å². The van der Waals surface area contributed by atoms with Crippen LogP contribution in [0.4, 0.5) is 0 Å². The molecule has 1 saturated carbocycles. The standard InChI is InChI=1S/C22H26N2O3/c1-22-8-7-17-16-6-4-15(25)9-13(16)3-5-18(17)19(22)10-14-11-24(23-21(14)22)12-20(26)27-2/h4,6,9,11,17-19,25H,3,5,7-8,10,12H2,1-2H3/t17-,18-,19+,22+/m1/s1. The molecule has 0 radical (unpaired) electrons. The van der Waals surface area contributed by atoms with Crippen LogP contribution in [0.15, 0.2) is 24.4 Å². The SMILES string of the molecule is COC(=O)Cn1cc2c(n1)[C@@]1(C)CC[C@@H]3c4ccc(O)cc4CC[C@H]3[C@@H]1C2. The number of ether oxygens (including phenoxy) is 1. The predicted molar refractivity (Wildman–Crippen MR) is 101 cm³/mol. The van der Waals surface area contributed by atoms with E-state index < -0.39 is 0 Å². The molecule has 1 aromatic carbocycles. The molecule has 5 heteroatoms. The molecule has 5 nitrogen and oxygen atoms in total. The summed E-state index contributed by atoms with van der Waals surface area (Å²) in [5, 5.41) is 14.6. The Bertz CT molecular complexity index is 918. The van der Waals surface area contributed by atoms with Crippen LogP contribution in [0.2, 0.25) is 0 Å². The van der Waals surface area contributed by atoms with Gasteiger partial charge in [0.25, 0.3) is 0 Å². The van der Waals surface area contributed by atoms with Gasteiger partial charge in [0.1, 0.15) is 12.3 Å². The normalized spacial score (nSPS) is 30.8.